The first-order valence-corrected chi connectivity index (χ1v) is 11.0. The minimum atomic E-state index is -0.494. The third-order valence-corrected chi connectivity index (χ3v) is 5.08. The summed E-state index contributed by atoms with van der Waals surface area (Å²) in [7, 11) is 0. The van der Waals surface area contributed by atoms with E-state index < -0.39 is 6.10 Å². The van der Waals surface area contributed by atoms with Gasteiger partial charge in [-0.05, 0) is 19.3 Å². The summed E-state index contributed by atoms with van der Waals surface area (Å²) in [5.41, 5.74) is 0. The Bertz CT molecular complexity index is 268. The fraction of sp³-hybridized carbons (Fsp3) is 0.955. The zero-order valence-electron chi connectivity index (χ0n) is 16.8. The molecule has 0 aromatic carbocycles. The highest BCUT2D eigenvalue weighted by Gasteiger charge is 2.06. The SMILES string of the molecule is CCCCCCCCCCCCCCC(O)CCCCC(O)CC=O. The smallest absolute Gasteiger partial charge is 0.122 e. The lowest BCUT2D eigenvalue weighted by Crippen LogP contribution is -2.09. The molecule has 3 heteroatoms. The highest BCUT2D eigenvalue weighted by atomic mass is 16.3. The van der Waals surface area contributed by atoms with Crippen molar-refractivity contribution in [3.8, 4) is 0 Å². The minimum absolute atomic E-state index is 0.189. The van der Waals surface area contributed by atoms with Gasteiger partial charge in [-0.15, -0.1) is 0 Å². The predicted molar refractivity (Wildman–Crippen MR) is 107 cm³/mol. The van der Waals surface area contributed by atoms with Crippen molar-refractivity contribution >= 4 is 6.29 Å². The lowest BCUT2D eigenvalue weighted by Gasteiger charge is -2.11. The lowest BCUT2D eigenvalue weighted by atomic mass is 10.0. The maximum absolute atomic E-state index is 10.2. The number of hydrogen-bond acceptors (Lipinski definition) is 3. The van der Waals surface area contributed by atoms with Gasteiger partial charge in [-0.1, -0.05) is 96.8 Å². The van der Waals surface area contributed by atoms with E-state index >= 15 is 0 Å². The van der Waals surface area contributed by atoms with Gasteiger partial charge in [0, 0.05) is 6.42 Å². The summed E-state index contributed by atoms with van der Waals surface area (Å²) in [4.78, 5) is 10.2. The topological polar surface area (TPSA) is 57.5 Å². The van der Waals surface area contributed by atoms with Crippen LogP contribution in [0.3, 0.4) is 0 Å². The summed E-state index contributed by atoms with van der Waals surface area (Å²) in [6.07, 6.45) is 20.7. The molecule has 0 saturated carbocycles. The van der Waals surface area contributed by atoms with Crippen molar-refractivity contribution in [3.05, 3.63) is 0 Å². The van der Waals surface area contributed by atoms with Crippen molar-refractivity contribution < 1.29 is 15.0 Å². The Labute approximate surface area is 156 Å². The average Bonchev–Trinajstić information content (AvgIpc) is 2.60. The van der Waals surface area contributed by atoms with Gasteiger partial charge in [0.25, 0.3) is 0 Å². The molecule has 0 aliphatic carbocycles. The second kappa shape index (κ2) is 19.9. The van der Waals surface area contributed by atoms with Gasteiger partial charge >= 0.3 is 0 Å². The Morgan fingerprint density at radius 2 is 0.960 bits per heavy atom. The van der Waals surface area contributed by atoms with Crippen LogP contribution in [0, 0.1) is 0 Å². The summed E-state index contributed by atoms with van der Waals surface area (Å²) in [5, 5.41) is 19.4. The highest BCUT2D eigenvalue weighted by Crippen LogP contribution is 2.15. The molecule has 0 amide bonds. The van der Waals surface area contributed by atoms with Gasteiger partial charge in [0.2, 0.25) is 0 Å². The molecule has 25 heavy (non-hydrogen) atoms. The lowest BCUT2D eigenvalue weighted by molar-refractivity contribution is -0.109. The molecule has 0 radical (unpaired) electrons. The van der Waals surface area contributed by atoms with E-state index in [2.05, 4.69) is 6.92 Å². The van der Waals surface area contributed by atoms with Crippen LogP contribution >= 0.6 is 0 Å². The Morgan fingerprint density at radius 1 is 0.600 bits per heavy atom. The second-order valence-corrected chi connectivity index (χ2v) is 7.67. The normalized spacial score (nSPS) is 13.7. The van der Waals surface area contributed by atoms with Crippen LogP contribution in [0.5, 0.6) is 0 Å². The van der Waals surface area contributed by atoms with Crippen LogP contribution in [0.25, 0.3) is 0 Å². The monoisotopic (exact) mass is 356 g/mol. The Balaban J connectivity index is 3.19. The van der Waals surface area contributed by atoms with E-state index in [4.69, 9.17) is 0 Å². The van der Waals surface area contributed by atoms with Crippen LogP contribution in [-0.4, -0.2) is 28.7 Å². The number of carbonyl (C=O) groups excluding carboxylic acids is 1. The number of hydrogen-bond donors (Lipinski definition) is 2. The highest BCUT2D eigenvalue weighted by molar-refractivity contribution is 5.49. The van der Waals surface area contributed by atoms with E-state index in [0.717, 1.165) is 38.4 Å². The van der Waals surface area contributed by atoms with Crippen molar-refractivity contribution in [2.24, 2.45) is 0 Å². The van der Waals surface area contributed by atoms with E-state index in [-0.39, 0.29) is 12.5 Å². The summed E-state index contributed by atoms with van der Waals surface area (Å²) in [6, 6.07) is 0. The predicted octanol–water partition coefficient (Wildman–Crippen LogP) is 5.95. The van der Waals surface area contributed by atoms with Crippen LogP contribution in [-0.2, 0) is 4.79 Å². The molecule has 0 heterocycles. The molecule has 0 aromatic heterocycles. The average molecular weight is 357 g/mol. The summed E-state index contributed by atoms with van der Waals surface area (Å²) >= 11 is 0. The van der Waals surface area contributed by atoms with Gasteiger partial charge in [0.15, 0.2) is 0 Å². The maximum Gasteiger partial charge on any atom is 0.122 e. The molecular formula is C22H44O3. The first-order chi connectivity index (χ1) is 12.2. The first-order valence-electron chi connectivity index (χ1n) is 11.0. The van der Waals surface area contributed by atoms with Crippen molar-refractivity contribution in [1.82, 2.24) is 0 Å². The van der Waals surface area contributed by atoms with Crippen molar-refractivity contribution in [1.29, 1.82) is 0 Å². The number of aliphatic hydroxyl groups is 2. The molecular weight excluding hydrogens is 312 g/mol. The molecule has 0 rings (SSSR count). The van der Waals surface area contributed by atoms with Crippen LogP contribution in [0.2, 0.25) is 0 Å². The zero-order valence-corrected chi connectivity index (χ0v) is 16.8. The van der Waals surface area contributed by atoms with Crippen LogP contribution in [0.4, 0.5) is 0 Å². The van der Waals surface area contributed by atoms with Crippen molar-refractivity contribution in [2.45, 2.75) is 135 Å². The van der Waals surface area contributed by atoms with Crippen LogP contribution in [0.15, 0.2) is 0 Å². The summed E-state index contributed by atoms with van der Waals surface area (Å²) in [5.74, 6) is 0. The molecule has 2 atom stereocenters. The van der Waals surface area contributed by atoms with E-state index in [1.807, 2.05) is 0 Å². The van der Waals surface area contributed by atoms with Gasteiger partial charge in [0.05, 0.1) is 12.2 Å². The third kappa shape index (κ3) is 19.8. The van der Waals surface area contributed by atoms with Gasteiger partial charge in [0.1, 0.15) is 6.29 Å². The molecule has 0 spiro atoms. The number of aliphatic hydroxyl groups excluding tert-OH is 2. The van der Waals surface area contributed by atoms with E-state index in [9.17, 15) is 15.0 Å². The van der Waals surface area contributed by atoms with Crippen LogP contribution in [0.1, 0.15) is 122 Å². The van der Waals surface area contributed by atoms with E-state index in [1.54, 1.807) is 0 Å². The summed E-state index contributed by atoms with van der Waals surface area (Å²) in [6.45, 7) is 2.27. The number of aldehydes is 1. The van der Waals surface area contributed by atoms with Gasteiger partial charge in [-0.3, -0.25) is 0 Å². The second-order valence-electron chi connectivity index (χ2n) is 7.67. The van der Waals surface area contributed by atoms with Gasteiger partial charge in [-0.2, -0.15) is 0 Å². The molecule has 0 aromatic rings. The van der Waals surface area contributed by atoms with Crippen LogP contribution < -0.4 is 0 Å². The molecule has 0 saturated heterocycles. The molecule has 2 N–H and O–H groups in total. The molecule has 0 aliphatic heterocycles. The molecule has 0 bridgehead atoms. The maximum atomic E-state index is 10.2. The Morgan fingerprint density at radius 3 is 1.40 bits per heavy atom. The third-order valence-electron chi connectivity index (χ3n) is 5.08. The zero-order chi connectivity index (χ0) is 18.6. The molecule has 3 nitrogen and oxygen atoms in total. The fourth-order valence-electron chi connectivity index (χ4n) is 3.35. The number of carbonyl (C=O) groups is 1. The van der Waals surface area contributed by atoms with Gasteiger partial charge in [-0.25, -0.2) is 0 Å². The van der Waals surface area contributed by atoms with Crippen molar-refractivity contribution in [3.63, 3.8) is 0 Å². The first kappa shape index (κ1) is 24.6. The standard InChI is InChI=1S/C22H44O3/c1-2-3-4-5-6-7-8-9-10-11-12-13-16-21(24)17-14-15-18-22(25)19-20-23/h20-22,24-25H,2-19H2,1H3. The van der Waals surface area contributed by atoms with E-state index in [1.165, 1.54) is 70.6 Å². The quantitative estimate of drug-likeness (QED) is 0.209. The molecule has 2 unspecified atom stereocenters. The molecule has 150 valence electrons. The summed E-state index contributed by atoms with van der Waals surface area (Å²) < 4.78 is 0. The number of unbranched alkanes of at least 4 members (excludes halogenated alkanes) is 12. The molecule has 0 fully saturated rings. The Hall–Kier alpha value is -0.410. The Kier molecular flexibility index (Phi) is 19.6. The van der Waals surface area contributed by atoms with Gasteiger partial charge < -0.3 is 15.0 Å². The van der Waals surface area contributed by atoms with E-state index in [0.29, 0.717) is 6.42 Å². The fourth-order valence-corrected chi connectivity index (χ4v) is 3.35. The van der Waals surface area contributed by atoms with Crippen molar-refractivity contribution in [2.75, 3.05) is 0 Å². The number of rotatable bonds is 20. The largest absolute Gasteiger partial charge is 0.393 e. The minimum Gasteiger partial charge on any atom is -0.393 e. The molecule has 0 aliphatic rings.